The normalized spacial score (nSPS) is 17.5. The molecular weight excluding hydrogens is 495 g/mol. The van der Waals surface area contributed by atoms with Crippen molar-refractivity contribution in [2.75, 3.05) is 31.6 Å². The third kappa shape index (κ3) is 5.25. The highest BCUT2D eigenvalue weighted by atomic mass is 35.5. The first kappa shape index (κ1) is 25.0. The number of nitrogens with one attached hydrogen (secondary N) is 1. The summed E-state index contributed by atoms with van der Waals surface area (Å²) in [5.74, 6) is -1.16. The number of carbonyl (C=O) groups is 2. The number of benzene rings is 2. The average Bonchev–Trinajstić information content (AvgIpc) is 2.93. The molecule has 2 aromatic carbocycles. The molecule has 0 bridgehead atoms. The summed E-state index contributed by atoms with van der Waals surface area (Å²) in [7, 11) is 1.76. The molecule has 1 fully saturated rings. The van der Waals surface area contributed by atoms with Crippen molar-refractivity contribution in [2.24, 2.45) is 0 Å². The third-order valence-electron chi connectivity index (χ3n) is 7.13. The van der Waals surface area contributed by atoms with E-state index in [1.54, 1.807) is 54.7 Å². The van der Waals surface area contributed by atoms with Crippen molar-refractivity contribution in [3.05, 3.63) is 88.5 Å². The van der Waals surface area contributed by atoms with E-state index in [1.807, 2.05) is 12.1 Å². The zero-order chi connectivity index (χ0) is 25.9. The summed E-state index contributed by atoms with van der Waals surface area (Å²) in [5.41, 5.74) is 2.14. The highest BCUT2D eigenvalue weighted by Crippen LogP contribution is 2.36. The zero-order valence-corrected chi connectivity index (χ0v) is 21.2. The molecule has 0 saturated carbocycles. The van der Waals surface area contributed by atoms with Gasteiger partial charge in [-0.3, -0.25) is 14.6 Å². The lowest BCUT2D eigenvalue weighted by Gasteiger charge is -2.38. The first-order chi connectivity index (χ1) is 17.9. The first-order valence-corrected chi connectivity index (χ1v) is 12.7. The minimum Gasteiger partial charge on any atom is -0.490 e. The van der Waals surface area contributed by atoms with Crippen molar-refractivity contribution in [1.29, 1.82) is 0 Å². The molecule has 2 amide bonds. The van der Waals surface area contributed by atoms with Crippen LogP contribution in [0.15, 0.2) is 60.9 Å². The van der Waals surface area contributed by atoms with E-state index < -0.39 is 11.9 Å². The maximum atomic E-state index is 15.1. The van der Waals surface area contributed by atoms with E-state index in [1.165, 1.54) is 6.07 Å². The fraction of sp³-hybridized carbons (Fsp3) is 0.321. The summed E-state index contributed by atoms with van der Waals surface area (Å²) in [6.07, 6.45) is 5.60. The van der Waals surface area contributed by atoms with Crippen LogP contribution in [0.25, 0.3) is 0 Å². The minimum absolute atomic E-state index is 0.0386. The fourth-order valence-corrected chi connectivity index (χ4v) is 5.27. The number of carbonyl (C=O) groups excluding carboxylic acids is 2. The quantitative estimate of drug-likeness (QED) is 0.517. The van der Waals surface area contributed by atoms with Gasteiger partial charge >= 0.3 is 0 Å². The first-order valence-electron chi connectivity index (χ1n) is 12.4. The van der Waals surface area contributed by atoms with E-state index in [2.05, 4.69) is 15.2 Å². The lowest BCUT2D eigenvalue weighted by Crippen LogP contribution is -2.45. The van der Waals surface area contributed by atoms with Gasteiger partial charge in [0.2, 0.25) is 0 Å². The lowest BCUT2D eigenvalue weighted by molar-refractivity contribution is 0.0708. The highest BCUT2D eigenvalue weighted by molar-refractivity contribution is 6.33. The molecule has 2 aliphatic rings. The molecular formula is C28H28ClFN4O3. The Hall–Kier alpha value is -3.65. The SMILES string of the molecule is CN(C(=O)c1cc(F)c2c(c1)[C@H](NC(=O)c1ccccc1Cl)CCO2)C1CCN(c2ccncc2)CC1. The summed E-state index contributed by atoms with van der Waals surface area (Å²) in [6, 6.07) is 13.1. The molecule has 5 rings (SSSR count). The topological polar surface area (TPSA) is 74.8 Å². The van der Waals surface area contributed by atoms with E-state index in [-0.39, 0.29) is 35.8 Å². The van der Waals surface area contributed by atoms with Gasteiger partial charge in [-0.2, -0.15) is 0 Å². The number of hydrogen-bond acceptors (Lipinski definition) is 5. The number of aromatic nitrogens is 1. The molecule has 0 spiro atoms. The maximum absolute atomic E-state index is 15.1. The number of piperidine rings is 1. The van der Waals surface area contributed by atoms with Gasteiger partial charge in [0.25, 0.3) is 11.8 Å². The van der Waals surface area contributed by atoms with Gasteiger partial charge in [0, 0.05) is 61.8 Å². The predicted molar refractivity (Wildman–Crippen MR) is 140 cm³/mol. The van der Waals surface area contributed by atoms with Crippen molar-refractivity contribution in [2.45, 2.75) is 31.3 Å². The van der Waals surface area contributed by atoms with Crippen LogP contribution >= 0.6 is 11.6 Å². The van der Waals surface area contributed by atoms with E-state index in [9.17, 15) is 9.59 Å². The number of halogens is 2. The second-order valence-corrected chi connectivity index (χ2v) is 9.77. The molecule has 192 valence electrons. The molecule has 9 heteroatoms. The number of anilines is 1. The molecule has 3 heterocycles. The van der Waals surface area contributed by atoms with Crippen LogP contribution in [-0.2, 0) is 0 Å². The van der Waals surface area contributed by atoms with Crippen molar-refractivity contribution in [3.63, 3.8) is 0 Å². The van der Waals surface area contributed by atoms with Crippen LogP contribution in [0.3, 0.4) is 0 Å². The fourth-order valence-electron chi connectivity index (χ4n) is 5.05. The van der Waals surface area contributed by atoms with Crippen molar-refractivity contribution < 1.29 is 18.7 Å². The van der Waals surface area contributed by atoms with Crippen LogP contribution in [0, 0.1) is 5.82 Å². The van der Waals surface area contributed by atoms with Crippen LogP contribution < -0.4 is 15.0 Å². The van der Waals surface area contributed by atoms with Gasteiger partial charge in [-0.1, -0.05) is 23.7 Å². The smallest absolute Gasteiger partial charge is 0.253 e. The number of rotatable bonds is 5. The Morgan fingerprint density at radius 3 is 2.57 bits per heavy atom. The van der Waals surface area contributed by atoms with Gasteiger partial charge in [0.05, 0.1) is 23.2 Å². The third-order valence-corrected chi connectivity index (χ3v) is 7.46. The Balaban J connectivity index is 1.31. The van der Waals surface area contributed by atoms with Gasteiger partial charge in [-0.25, -0.2) is 4.39 Å². The van der Waals surface area contributed by atoms with Crippen molar-refractivity contribution in [1.82, 2.24) is 15.2 Å². The second-order valence-electron chi connectivity index (χ2n) is 9.36. The summed E-state index contributed by atoms with van der Waals surface area (Å²) in [5, 5.41) is 3.27. The Bertz CT molecular complexity index is 1300. The van der Waals surface area contributed by atoms with E-state index in [0.29, 0.717) is 22.6 Å². The standard InChI is InChI=1S/C28H28ClFN4O3/c1-33(19-8-13-34(14-9-19)20-6-11-31-12-7-20)28(36)18-16-22-25(10-15-37-26(22)24(30)17-18)32-27(35)21-4-2-3-5-23(21)29/h2-7,11-12,16-17,19,25H,8-10,13-15H2,1H3,(H,32,35)/t25-/m1/s1. The maximum Gasteiger partial charge on any atom is 0.253 e. The van der Waals surface area contributed by atoms with Crippen LogP contribution in [0.2, 0.25) is 5.02 Å². The molecule has 37 heavy (non-hydrogen) atoms. The van der Waals surface area contributed by atoms with Crippen LogP contribution in [0.1, 0.15) is 51.6 Å². The van der Waals surface area contributed by atoms with E-state index in [4.69, 9.17) is 16.3 Å². The monoisotopic (exact) mass is 522 g/mol. The van der Waals surface area contributed by atoms with Crippen LogP contribution in [0.5, 0.6) is 5.75 Å². The number of pyridine rings is 1. The summed E-state index contributed by atoms with van der Waals surface area (Å²) in [4.78, 5) is 34.3. The molecule has 0 unspecified atom stereocenters. The molecule has 7 nitrogen and oxygen atoms in total. The Kier molecular flexibility index (Phi) is 7.28. The molecule has 3 aromatic rings. The molecule has 1 saturated heterocycles. The number of fused-ring (bicyclic) bond motifs is 1. The van der Waals surface area contributed by atoms with Gasteiger partial charge in [-0.05, 0) is 49.2 Å². The molecule has 1 aromatic heterocycles. The van der Waals surface area contributed by atoms with E-state index >= 15 is 4.39 Å². The zero-order valence-electron chi connectivity index (χ0n) is 20.5. The molecule has 0 radical (unpaired) electrons. The van der Waals surface area contributed by atoms with E-state index in [0.717, 1.165) is 31.6 Å². The molecule has 1 N–H and O–H groups in total. The van der Waals surface area contributed by atoms with Gasteiger partial charge in [-0.15, -0.1) is 0 Å². The number of nitrogens with zero attached hydrogens (tertiary/aromatic N) is 3. The highest BCUT2D eigenvalue weighted by Gasteiger charge is 2.31. The summed E-state index contributed by atoms with van der Waals surface area (Å²) >= 11 is 6.18. The van der Waals surface area contributed by atoms with Crippen LogP contribution in [-0.4, -0.2) is 54.5 Å². The summed E-state index contributed by atoms with van der Waals surface area (Å²) in [6.45, 7) is 1.88. The number of amides is 2. The number of hydrogen-bond donors (Lipinski definition) is 1. The van der Waals surface area contributed by atoms with Crippen LogP contribution in [0.4, 0.5) is 10.1 Å². The molecule has 1 atom stereocenters. The van der Waals surface area contributed by atoms with Gasteiger partial charge in [0.1, 0.15) is 0 Å². The van der Waals surface area contributed by atoms with Gasteiger partial charge < -0.3 is 19.9 Å². The van der Waals surface area contributed by atoms with Crippen molar-refractivity contribution in [3.8, 4) is 5.75 Å². The number of ether oxygens (including phenoxy) is 1. The Morgan fingerprint density at radius 2 is 1.84 bits per heavy atom. The lowest BCUT2D eigenvalue weighted by atomic mass is 9.96. The largest absolute Gasteiger partial charge is 0.490 e. The average molecular weight is 523 g/mol. The summed E-state index contributed by atoms with van der Waals surface area (Å²) < 4.78 is 20.7. The van der Waals surface area contributed by atoms with Gasteiger partial charge in [0.15, 0.2) is 11.6 Å². The minimum atomic E-state index is -0.613. The molecule has 2 aliphatic heterocycles. The van der Waals surface area contributed by atoms with Crippen molar-refractivity contribution >= 4 is 29.1 Å². The second kappa shape index (κ2) is 10.8. The Labute approximate surface area is 220 Å². The predicted octanol–water partition coefficient (Wildman–Crippen LogP) is 4.87. The molecule has 0 aliphatic carbocycles. The Morgan fingerprint density at radius 1 is 1.11 bits per heavy atom.